The van der Waals surface area contributed by atoms with Crippen molar-refractivity contribution >= 4 is 32.8 Å². The Labute approximate surface area is 320 Å². The maximum Gasteiger partial charge on any atom is 0.271 e. The third kappa shape index (κ3) is 6.44. The standard InChI is InChI=1S/C48H49N5O/c1-9-32(10-2)33-14-13-15-36(26-33)51-31-52(42-17-12-11-16-41(42)51)45-30-38(23-25-49-45)54-37-19-21-40-39-20-18-34(47(3,4)5)27-43(39)53(44(40)29-37)46-28-35(22-24-50-46)48(6,7)8/h11-30,32H,9-10H2,1-8H3/i32D. The van der Waals surface area contributed by atoms with Crippen LogP contribution in [0.15, 0.2) is 122 Å². The monoisotopic (exact) mass is 712 g/mol. The lowest BCUT2D eigenvalue weighted by Gasteiger charge is -2.21. The number of hydrogen-bond donors (Lipinski definition) is 0. The number of fused-ring (bicyclic) bond motifs is 4. The highest BCUT2D eigenvalue weighted by molar-refractivity contribution is 6.09. The van der Waals surface area contributed by atoms with Crippen molar-refractivity contribution in [1.29, 1.82) is 0 Å². The molecule has 0 spiro atoms. The van der Waals surface area contributed by atoms with Crippen molar-refractivity contribution in [3.63, 3.8) is 0 Å². The summed E-state index contributed by atoms with van der Waals surface area (Å²) in [6.07, 6.45) is 8.75. The van der Waals surface area contributed by atoms with Crippen LogP contribution in [0.4, 0.5) is 0 Å². The van der Waals surface area contributed by atoms with Crippen LogP contribution >= 0.6 is 0 Å². The third-order valence-corrected chi connectivity index (χ3v) is 10.6. The van der Waals surface area contributed by atoms with E-state index in [-0.39, 0.29) is 10.8 Å². The summed E-state index contributed by atoms with van der Waals surface area (Å²) in [4.78, 5) is 9.69. The van der Waals surface area contributed by atoms with Crippen LogP contribution in [0.25, 0.3) is 50.2 Å². The number of ether oxygens (including phenoxy) is 1. The average molecular weight is 713 g/mol. The first kappa shape index (κ1) is 34.0. The molecule has 0 saturated carbocycles. The Morgan fingerprint density at radius 2 is 1.33 bits per heavy atom. The zero-order valence-electron chi connectivity index (χ0n) is 33.6. The normalized spacial score (nSPS) is 12.9. The molecular formula is C48H49N5O. The van der Waals surface area contributed by atoms with Gasteiger partial charge in [0.25, 0.3) is 6.33 Å². The van der Waals surface area contributed by atoms with Gasteiger partial charge in [0.2, 0.25) is 0 Å². The van der Waals surface area contributed by atoms with E-state index in [2.05, 4.69) is 144 Å². The van der Waals surface area contributed by atoms with Gasteiger partial charge in [0.15, 0.2) is 5.82 Å². The SMILES string of the molecule is [2H]C(CC)(CC)c1cccc(-[n+]2[c-]n(-c3cc(Oc4ccc5c6ccc(C(C)(C)C)cc6n(-c6cc(C(C)(C)C)ccn6)c5c4)ccn3)c3ccccc32)c1. The molecule has 0 saturated heterocycles. The van der Waals surface area contributed by atoms with Crippen molar-refractivity contribution < 1.29 is 10.7 Å². The molecule has 0 aliphatic carbocycles. The molecule has 0 aliphatic heterocycles. The van der Waals surface area contributed by atoms with Crippen molar-refractivity contribution in [1.82, 2.24) is 19.1 Å². The fourth-order valence-electron chi connectivity index (χ4n) is 7.45. The Kier molecular flexibility index (Phi) is 8.57. The minimum absolute atomic E-state index is 0.00672. The molecular weight excluding hydrogens is 663 g/mol. The molecule has 0 N–H and O–H groups in total. The predicted molar refractivity (Wildman–Crippen MR) is 221 cm³/mol. The average Bonchev–Trinajstić information content (AvgIpc) is 3.73. The van der Waals surface area contributed by atoms with E-state index >= 15 is 0 Å². The molecule has 0 aliphatic rings. The largest absolute Gasteiger partial charge is 0.458 e. The molecule has 4 heterocycles. The molecule has 0 amide bonds. The molecule has 8 rings (SSSR count). The van der Waals surface area contributed by atoms with Gasteiger partial charge in [-0.2, -0.15) is 0 Å². The second-order valence-corrected chi connectivity index (χ2v) is 16.2. The van der Waals surface area contributed by atoms with E-state index in [1.54, 1.807) is 6.20 Å². The van der Waals surface area contributed by atoms with Gasteiger partial charge >= 0.3 is 0 Å². The van der Waals surface area contributed by atoms with Crippen LogP contribution in [0, 0.1) is 6.33 Å². The van der Waals surface area contributed by atoms with Gasteiger partial charge in [0, 0.05) is 36.7 Å². The molecule has 4 aromatic carbocycles. The zero-order valence-corrected chi connectivity index (χ0v) is 32.6. The van der Waals surface area contributed by atoms with Crippen LogP contribution in [-0.2, 0) is 10.8 Å². The second kappa shape index (κ2) is 13.6. The van der Waals surface area contributed by atoms with Gasteiger partial charge in [-0.15, -0.1) is 0 Å². The first-order valence-corrected chi connectivity index (χ1v) is 19.0. The maximum atomic E-state index is 9.07. The molecule has 0 atom stereocenters. The van der Waals surface area contributed by atoms with Crippen LogP contribution < -0.4 is 9.30 Å². The third-order valence-electron chi connectivity index (χ3n) is 10.6. The number of rotatable bonds is 8. The maximum absolute atomic E-state index is 9.07. The predicted octanol–water partition coefficient (Wildman–Crippen LogP) is 11.9. The Hall–Kier alpha value is -5.75. The van der Waals surface area contributed by atoms with Gasteiger partial charge in [-0.05, 0) is 94.8 Å². The smallest absolute Gasteiger partial charge is 0.271 e. The van der Waals surface area contributed by atoms with Crippen LogP contribution in [0.2, 0.25) is 0 Å². The Balaban J connectivity index is 1.21. The van der Waals surface area contributed by atoms with Crippen LogP contribution in [0.3, 0.4) is 0 Å². The van der Waals surface area contributed by atoms with E-state index in [0.717, 1.165) is 63.1 Å². The van der Waals surface area contributed by atoms with E-state index in [1.165, 1.54) is 16.5 Å². The van der Waals surface area contributed by atoms with Gasteiger partial charge in [-0.3, -0.25) is 18.7 Å². The summed E-state index contributed by atoms with van der Waals surface area (Å²) >= 11 is 0. The van der Waals surface area contributed by atoms with Crippen LogP contribution in [0.5, 0.6) is 11.5 Å². The lowest BCUT2D eigenvalue weighted by Crippen LogP contribution is -2.29. The molecule has 54 heavy (non-hydrogen) atoms. The Bertz CT molecular complexity index is 2700. The van der Waals surface area contributed by atoms with Crippen molar-refractivity contribution in [3.8, 4) is 28.8 Å². The van der Waals surface area contributed by atoms with Crippen molar-refractivity contribution in [2.75, 3.05) is 0 Å². The van der Waals surface area contributed by atoms with Crippen molar-refractivity contribution in [3.05, 3.63) is 145 Å². The summed E-state index contributed by atoms with van der Waals surface area (Å²) in [5, 5.41) is 2.32. The molecule has 8 aromatic rings. The quantitative estimate of drug-likeness (QED) is 0.116. The molecule has 0 unspecified atom stereocenters. The minimum Gasteiger partial charge on any atom is -0.458 e. The van der Waals surface area contributed by atoms with Crippen molar-refractivity contribution in [2.24, 2.45) is 0 Å². The fourth-order valence-corrected chi connectivity index (χ4v) is 7.45. The summed E-state index contributed by atoms with van der Waals surface area (Å²) in [6, 6.07) is 37.8. The number of pyridine rings is 2. The zero-order chi connectivity index (χ0) is 38.7. The van der Waals surface area contributed by atoms with Crippen LogP contribution in [-0.4, -0.2) is 19.1 Å². The first-order chi connectivity index (χ1) is 26.3. The number of imidazole rings is 1. The van der Waals surface area contributed by atoms with Gasteiger partial charge in [-0.1, -0.05) is 104 Å². The molecule has 272 valence electrons. The topological polar surface area (TPSA) is 48.8 Å². The fraction of sp³-hybridized carbons (Fsp3) is 0.271. The summed E-state index contributed by atoms with van der Waals surface area (Å²) in [5.74, 6) is 2.32. The number of hydrogen-bond acceptors (Lipinski definition) is 3. The second-order valence-electron chi connectivity index (χ2n) is 16.2. The Morgan fingerprint density at radius 1 is 0.667 bits per heavy atom. The summed E-state index contributed by atoms with van der Waals surface area (Å²) in [6.45, 7) is 17.6. The van der Waals surface area contributed by atoms with E-state index in [0.29, 0.717) is 11.6 Å². The number of aromatic nitrogens is 5. The molecule has 4 aromatic heterocycles. The van der Waals surface area contributed by atoms with Gasteiger partial charge < -0.3 is 4.74 Å². The summed E-state index contributed by atoms with van der Waals surface area (Å²) < 4.78 is 22.0. The number of nitrogens with zero attached hydrogens (tertiary/aromatic N) is 5. The highest BCUT2D eigenvalue weighted by Crippen LogP contribution is 2.38. The highest BCUT2D eigenvalue weighted by Gasteiger charge is 2.21. The van der Waals surface area contributed by atoms with E-state index in [9.17, 15) is 0 Å². The molecule has 6 nitrogen and oxygen atoms in total. The number of para-hydroxylation sites is 2. The first-order valence-electron chi connectivity index (χ1n) is 19.5. The Morgan fingerprint density at radius 3 is 2.09 bits per heavy atom. The molecule has 6 heteroatoms. The summed E-state index contributed by atoms with van der Waals surface area (Å²) in [7, 11) is 0. The lowest BCUT2D eigenvalue weighted by molar-refractivity contribution is -0.572. The van der Waals surface area contributed by atoms with Gasteiger partial charge in [-0.25, -0.2) is 4.98 Å². The van der Waals surface area contributed by atoms with E-state index in [1.807, 2.05) is 47.2 Å². The van der Waals surface area contributed by atoms with Crippen molar-refractivity contribution in [2.45, 2.75) is 85.0 Å². The van der Waals surface area contributed by atoms with Gasteiger partial charge in [0.05, 0.1) is 27.8 Å². The molecule has 0 radical (unpaired) electrons. The highest BCUT2D eigenvalue weighted by atomic mass is 16.5. The van der Waals surface area contributed by atoms with E-state index in [4.69, 9.17) is 16.1 Å². The summed E-state index contributed by atoms with van der Waals surface area (Å²) in [5.41, 5.74) is 8.54. The number of benzene rings is 4. The van der Waals surface area contributed by atoms with Crippen LogP contribution in [0.1, 0.15) is 92.2 Å². The van der Waals surface area contributed by atoms with Gasteiger partial charge in [0.1, 0.15) is 17.3 Å². The molecule has 0 bridgehead atoms. The lowest BCUT2D eigenvalue weighted by atomic mass is 9.86. The minimum atomic E-state index is -0.637. The molecule has 0 fully saturated rings. The van der Waals surface area contributed by atoms with E-state index < -0.39 is 5.89 Å².